The lowest BCUT2D eigenvalue weighted by Gasteiger charge is -2.30. The van der Waals surface area contributed by atoms with Crippen LogP contribution >= 0.6 is 0 Å². The van der Waals surface area contributed by atoms with E-state index in [1.807, 2.05) is 18.2 Å². The Hall–Kier alpha value is -3.91. The average Bonchev–Trinajstić information content (AvgIpc) is 3.52. The summed E-state index contributed by atoms with van der Waals surface area (Å²) in [5, 5.41) is 7.54. The summed E-state index contributed by atoms with van der Waals surface area (Å²) in [5.41, 5.74) is 2.86. The van der Waals surface area contributed by atoms with Crippen LogP contribution < -0.4 is 4.74 Å². The Morgan fingerprint density at radius 3 is 2.79 bits per heavy atom. The van der Waals surface area contributed by atoms with Gasteiger partial charge in [0.1, 0.15) is 10.5 Å². The highest BCUT2D eigenvalue weighted by atomic mass is 32.2. The van der Waals surface area contributed by atoms with Gasteiger partial charge in [-0.15, -0.1) is 0 Å². The first-order valence-corrected chi connectivity index (χ1v) is 12.1. The molecule has 8 heteroatoms. The van der Waals surface area contributed by atoms with Crippen molar-refractivity contribution in [2.45, 2.75) is 18.1 Å². The molecule has 0 bridgehead atoms. The molecule has 1 aliphatic rings. The Bertz CT molecular complexity index is 1570. The lowest BCUT2D eigenvalue weighted by molar-refractivity contribution is 0.377. The van der Waals surface area contributed by atoms with Crippen molar-refractivity contribution in [2.24, 2.45) is 0 Å². The van der Waals surface area contributed by atoms with Crippen molar-refractivity contribution >= 4 is 27.0 Å². The summed E-state index contributed by atoms with van der Waals surface area (Å²) in [7, 11) is -4.18. The standard InChI is InChI=1S/C26H22FN3O3S/c1-3-18-7-5-10-23-21(18)13-16-30(23)34(31,32)26(2)14-6-11-24(25(26)27)33-20-9-4-8-19(17-20)22-12-15-28-29-22/h3-13,15-17H,1,14H2,2H3,(H,28,29). The molecule has 172 valence electrons. The first-order chi connectivity index (χ1) is 16.3. The van der Waals surface area contributed by atoms with Crippen molar-refractivity contribution in [3.63, 3.8) is 0 Å². The number of fused-ring (bicyclic) bond motifs is 1. The summed E-state index contributed by atoms with van der Waals surface area (Å²) in [6, 6.07) is 15.9. The van der Waals surface area contributed by atoms with Gasteiger partial charge in [0.25, 0.3) is 10.0 Å². The van der Waals surface area contributed by atoms with Crippen LogP contribution in [0.3, 0.4) is 0 Å². The molecule has 2 heterocycles. The first kappa shape index (κ1) is 21.9. The van der Waals surface area contributed by atoms with E-state index < -0.39 is 20.6 Å². The highest BCUT2D eigenvalue weighted by Gasteiger charge is 2.47. The Morgan fingerprint density at radius 1 is 1.21 bits per heavy atom. The molecule has 2 aromatic carbocycles. The Kier molecular flexibility index (Phi) is 5.25. The molecular formula is C26H22FN3O3S. The van der Waals surface area contributed by atoms with Gasteiger partial charge in [-0.3, -0.25) is 5.10 Å². The van der Waals surface area contributed by atoms with Crippen LogP contribution in [0.15, 0.2) is 97.3 Å². The van der Waals surface area contributed by atoms with Gasteiger partial charge in [0.05, 0.1) is 11.2 Å². The van der Waals surface area contributed by atoms with Crippen LogP contribution in [0.25, 0.3) is 28.2 Å². The molecule has 6 nitrogen and oxygen atoms in total. The summed E-state index contributed by atoms with van der Waals surface area (Å²) in [4.78, 5) is 0. The Morgan fingerprint density at radius 2 is 2.03 bits per heavy atom. The Labute approximate surface area is 196 Å². The van der Waals surface area contributed by atoms with Crippen molar-refractivity contribution in [3.05, 3.63) is 103 Å². The molecule has 0 spiro atoms. The van der Waals surface area contributed by atoms with Crippen LogP contribution in [0.1, 0.15) is 18.9 Å². The lowest BCUT2D eigenvalue weighted by atomic mass is 9.99. The van der Waals surface area contributed by atoms with Gasteiger partial charge >= 0.3 is 0 Å². The van der Waals surface area contributed by atoms with Crippen molar-refractivity contribution in [1.82, 2.24) is 14.2 Å². The van der Waals surface area contributed by atoms with Crippen molar-refractivity contribution in [2.75, 3.05) is 0 Å². The maximum atomic E-state index is 15.9. The quantitative estimate of drug-likeness (QED) is 0.381. The molecule has 4 aromatic rings. The normalized spacial score (nSPS) is 18.4. The highest BCUT2D eigenvalue weighted by Crippen LogP contribution is 2.40. The zero-order valence-electron chi connectivity index (χ0n) is 18.4. The zero-order chi connectivity index (χ0) is 23.9. The first-order valence-electron chi connectivity index (χ1n) is 10.7. The van der Waals surface area contributed by atoms with E-state index in [0.29, 0.717) is 11.3 Å². The topological polar surface area (TPSA) is 77.0 Å². The molecule has 2 aromatic heterocycles. The molecule has 1 atom stereocenters. The average molecular weight is 476 g/mol. The van der Waals surface area contributed by atoms with Crippen LogP contribution in [-0.4, -0.2) is 27.3 Å². The monoisotopic (exact) mass is 475 g/mol. The number of aromatic amines is 1. The van der Waals surface area contributed by atoms with E-state index in [0.717, 1.165) is 26.2 Å². The number of benzene rings is 2. The van der Waals surface area contributed by atoms with Crippen molar-refractivity contribution in [3.8, 4) is 17.0 Å². The summed E-state index contributed by atoms with van der Waals surface area (Å²) in [6.45, 7) is 5.17. The number of rotatable bonds is 6. The number of hydrogen-bond donors (Lipinski definition) is 1. The van der Waals surface area contributed by atoms with Gasteiger partial charge in [-0.05, 0) is 55.3 Å². The van der Waals surface area contributed by atoms with Crippen LogP contribution in [0.5, 0.6) is 5.75 Å². The van der Waals surface area contributed by atoms with Crippen molar-refractivity contribution in [1.29, 1.82) is 0 Å². The van der Waals surface area contributed by atoms with Crippen molar-refractivity contribution < 1.29 is 17.5 Å². The molecule has 0 saturated heterocycles. The molecule has 0 saturated carbocycles. The minimum absolute atomic E-state index is 0.0248. The molecule has 1 aliphatic carbocycles. The molecule has 1 N–H and O–H groups in total. The molecule has 0 amide bonds. The van der Waals surface area contributed by atoms with Gasteiger partial charge in [-0.2, -0.15) is 5.10 Å². The number of nitrogens with zero attached hydrogens (tertiary/aromatic N) is 2. The number of allylic oxidation sites excluding steroid dienone is 2. The van der Waals surface area contributed by atoms with Crippen LogP contribution in [-0.2, 0) is 10.0 Å². The summed E-state index contributed by atoms with van der Waals surface area (Å²) in [5.74, 6) is -0.600. The number of hydrogen-bond acceptors (Lipinski definition) is 4. The fourth-order valence-corrected chi connectivity index (χ4v) is 5.86. The molecular weight excluding hydrogens is 453 g/mol. The maximum Gasteiger partial charge on any atom is 0.251 e. The van der Waals surface area contributed by atoms with E-state index in [2.05, 4.69) is 16.8 Å². The lowest BCUT2D eigenvalue weighted by Crippen LogP contribution is -2.41. The third-order valence-corrected chi connectivity index (χ3v) is 8.43. The molecule has 34 heavy (non-hydrogen) atoms. The van der Waals surface area contributed by atoms with Gasteiger partial charge in [-0.1, -0.05) is 43.0 Å². The molecule has 0 aliphatic heterocycles. The number of halogens is 1. The summed E-state index contributed by atoms with van der Waals surface area (Å²) >= 11 is 0. The second-order valence-electron chi connectivity index (χ2n) is 8.22. The fraction of sp³-hybridized carbons (Fsp3) is 0.115. The van der Waals surface area contributed by atoms with Gasteiger partial charge in [-0.25, -0.2) is 16.8 Å². The summed E-state index contributed by atoms with van der Waals surface area (Å²) in [6.07, 6.45) is 7.82. The van der Waals surface area contributed by atoms with E-state index in [1.165, 1.54) is 19.2 Å². The maximum absolute atomic E-state index is 15.9. The molecule has 5 rings (SSSR count). The number of ether oxygens (including phenoxy) is 1. The number of H-pyrrole nitrogens is 1. The predicted molar refractivity (Wildman–Crippen MR) is 131 cm³/mol. The van der Waals surface area contributed by atoms with Gasteiger partial charge in [0.2, 0.25) is 0 Å². The molecule has 0 radical (unpaired) electrons. The zero-order valence-corrected chi connectivity index (χ0v) is 19.2. The largest absolute Gasteiger partial charge is 0.455 e. The van der Waals surface area contributed by atoms with E-state index in [9.17, 15) is 8.42 Å². The number of aromatic nitrogens is 3. The van der Waals surface area contributed by atoms with E-state index in [4.69, 9.17) is 4.74 Å². The molecule has 0 fully saturated rings. The van der Waals surface area contributed by atoms with Gasteiger partial charge in [0.15, 0.2) is 11.6 Å². The van der Waals surface area contributed by atoms with Crippen LogP contribution in [0, 0.1) is 0 Å². The smallest absolute Gasteiger partial charge is 0.251 e. The Balaban J connectivity index is 1.54. The third-order valence-electron chi connectivity index (χ3n) is 6.11. The van der Waals surface area contributed by atoms with E-state index in [1.54, 1.807) is 54.7 Å². The second kappa shape index (κ2) is 8.14. The van der Waals surface area contributed by atoms with Gasteiger partial charge in [0, 0.05) is 23.3 Å². The van der Waals surface area contributed by atoms with E-state index in [-0.39, 0.29) is 12.2 Å². The predicted octanol–water partition coefficient (Wildman–Crippen LogP) is 5.83. The van der Waals surface area contributed by atoms with Crippen LogP contribution in [0.2, 0.25) is 0 Å². The minimum atomic E-state index is -4.18. The second-order valence-corrected chi connectivity index (χ2v) is 10.5. The van der Waals surface area contributed by atoms with Gasteiger partial charge < -0.3 is 4.74 Å². The van der Waals surface area contributed by atoms with Crippen LogP contribution in [0.4, 0.5) is 4.39 Å². The SMILES string of the molecule is C=Cc1cccc2c1ccn2S(=O)(=O)C1(C)CC=CC(Oc2cccc(-c3ccn[nH]3)c2)=C1F. The fourth-order valence-electron chi connectivity index (χ4n) is 4.15. The summed E-state index contributed by atoms with van der Waals surface area (Å²) < 4.78 is 48.5. The van der Waals surface area contributed by atoms with E-state index >= 15 is 4.39 Å². The number of nitrogens with one attached hydrogen (secondary N) is 1. The minimum Gasteiger partial charge on any atom is -0.455 e. The molecule has 1 unspecified atom stereocenters. The third kappa shape index (κ3) is 3.38. The highest BCUT2D eigenvalue weighted by molar-refractivity contribution is 7.91.